The van der Waals surface area contributed by atoms with Gasteiger partial charge in [-0.05, 0) is 12.1 Å². The van der Waals surface area contributed by atoms with Crippen molar-refractivity contribution < 1.29 is 4.79 Å². The molecule has 0 aliphatic rings. The van der Waals surface area contributed by atoms with Crippen LogP contribution in [-0.4, -0.2) is 20.9 Å². The van der Waals surface area contributed by atoms with Crippen molar-refractivity contribution in [1.29, 1.82) is 0 Å². The Kier molecular flexibility index (Phi) is 3.14. The second kappa shape index (κ2) is 4.60. The molecule has 0 aliphatic heterocycles. The Labute approximate surface area is 106 Å². The summed E-state index contributed by atoms with van der Waals surface area (Å²) in [7, 11) is 0. The van der Waals surface area contributed by atoms with Gasteiger partial charge in [-0.1, -0.05) is 38.1 Å². The molecule has 0 spiro atoms. The summed E-state index contributed by atoms with van der Waals surface area (Å²) in [5, 5.41) is 10.6. The van der Waals surface area contributed by atoms with Gasteiger partial charge in [-0.15, -0.1) is 5.10 Å². The number of hydrogen-bond acceptors (Lipinski definition) is 3. The highest BCUT2D eigenvalue weighted by Gasteiger charge is 2.22. The van der Waals surface area contributed by atoms with Crippen LogP contribution in [-0.2, 0) is 4.79 Å². The molecule has 0 fully saturated rings. The predicted molar refractivity (Wildman–Crippen MR) is 69.4 cm³/mol. The highest BCUT2D eigenvalue weighted by Crippen LogP contribution is 2.22. The van der Waals surface area contributed by atoms with E-state index in [0.29, 0.717) is 0 Å². The fourth-order valence-corrected chi connectivity index (χ4v) is 1.43. The van der Waals surface area contributed by atoms with Crippen LogP contribution in [0.15, 0.2) is 36.7 Å². The normalized spacial score (nSPS) is 11.3. The number of nitrogens with zero attached hydrogens (tertiary/aromatic N) is 3. The predicted octanol–water partition coefficient (Wildman–Crippen LogP) is 2.25. The SMILES string of the molecule is CC(C)(C)C(=O)Nc1ccccc1-n1ccnn1. The first-order valence-corrected chi connectivity index (χ1v) is 5.75. The Morgan fingerprint density at radius 2 is 2.00 bits per heavy atom. The monoisotopic (exact) mass is 244 g/mol. The molecule has 1 heterocycles. The number of nitrogens with one attached hydrogen (secondary N) is 1. The molecule has 2 aromatic rings. The second-order valence-corrected chi connectivity index (χ2v) is 5.07. The number of benzene rings is 1. The van der Waals surface area contributed by atoms with Crippen molar-refractivity contribution in [1.82, 2.24) is 15.0 Å². The molecule has 0 saturated carbocycles. The topological polar surface area (TPSA) is 59.8 Å². The first-order valence-electron chi connectivity index (χ1n) is 5.75. The standard InChI is InChI=1S/C13H16N4O/c1-13(2,3)12(18)15-10-6-4-5-7-11(10)17-9-8-14-16-17/h4-9H,1-3H3,(H,15,18). The lowest BCUT2D eigenvalue weighted by molar-refractivity contribution is -0.123. The van der Waals surface area contributed by atoms with Crippen molar-refractivity contribution in [3.63, 3.8) is 0 Å². The van der Waals surface area contributed by atoms with E-state index in [4.69, 9.17) is 0 Å². The van der Waals surface area contributed by atoms with Gasteiger partial charge in [0.05, 0.1) is 23.8 Å². The van der Waals surface area contributed by atoms with Crippen LogP contribution >= 0.6 is 0 Å². The summed E-state index contributed by atoms with van der Waals surface area (Å²) < 4.78 is 1.62. The zero-order valence-corrected chi connectivity index (χ0v) is 10.7. The highest BCUT2D eigenvalue weighted by atomic mass is 16.2. The first-order chi connectivity index (χ1) is 8.48. The number of aromatic nitrogens is 3. The van der Waals surface area contributed by atoms with Crippen molar-refractivity contribution in [3.05, 3.63) is 36.7 Å². The molecule has 0 radical (unpaired) electrons. The van der Waals surface area contributed by atoms with Crippen molar-refractivity contribution in [2.75, 3.05) is 5.32 Å². The van der Waals surface area contributed by atoms with Crippen molar-refractivity contribution in [3.8, 4) is 5.69 Å². The van der Waals surface area contributed by atoms with E-state index in [9.17, 15) is 4.79 Å². The minimum atomic E-state index is -0.435. The lowest BCUT2D eigenvalue weighted by Gasteiger charge is -2.19. The van der Waals surface area contributed by atoms with Crippen molar-refractivity contribution >= 4 is 11.6 Å². The Hall–Kier alpha value is -2.17. The highest BCUT2D eigenvalue weighted by molar-refractivity contribution is 5.96. The molecule has 0 aliphatic carbocycles. The Morgan fingerprint density at radius 3 is 2.61 bits per heavy atom. The van der Waals surface area contributed by atoms with Gasteiger partial charge in [0.15, 0.2) is 0 Å². The summed E-state index contributed by atoms with van der Waals surface area (Å²) in [6, 6.07) is 7.50. The van der Waals surface area contributed by atoms with Crippen LogP contribution in [0.4, 0.5) is 5.69 Å². The minimum absolute atomic E-state index is 0.0323. The fourth-order valence-electron chi connectivity index (χ4n) is 1.43. The van der Waals surface area contributed by atoms with E-state index in [2.05, 4.69) is 15.6 Å². The first kappa shape index (κ1) is 12.3. The molecular formula is C13H16N4O. The van der Waals surface area contributed by atoms with Gasteiger partial charge in [0.2, 0.25) is 5.91 Å². The van der Waals surface area contributed by atoms with Gasteiger partial charge in [-0.2, -0.15) is 0 Å². The summed E-state index contributed by atoms with van der Waals surface area (Å²) in [5.41, 5.74) is 1.09. The fraction of sp³-hybridized carbons (Fsp3) is 0.308. The van der Waals surface area contributed by atoms with Crippen LogP contribution in [0.2, 0.25) is 0 Å². The van der Waals surface area contributed by atoms with Crippen LogP contribution in [0.5, 0.6) is 0 Å². The van der Waals surface area contributed by atoms with E-state index in [1.54, 1.807) is 17.1 Å². The number of rotatable bonds is 2. The number of carbonyl (C=O) groups excluding carboxylic acids is 1. The molecule has 94 valence electrons. The van der Waals surface area contributed by atoms with E-state index in [-0.39, 0.29) is 5.91 Å². The number of anilines is 1. The minimum Gasteiger partial charge on any atom is -0.324 e. The molecule has 5 heteroatoms. The van der Waals surface area contributed by atoms with Crippen LogP contribution in [0.25, 0.3) is 5.69 Å². The van der Waals surface area contributed by atoms with Gasteiger partial charge in [0.1, 0.15) is 0 Å². The lowest BCUT2D eigenvalue weighted by Crippen LogP contribution is -2.28. The molecule has 0 bridgehead atoms. The van der Waals surface area contributed by atoms with Gasteiger partial charge in [-0.3, -0.25) is 4.79 Å². The van der Waals surface area contributed by atoms with E-state index < -0.39 is 5.41 Å². The summed E-state index contributed by atoms with van der Waals surface area (Å²) in [6.07, 6.45) is 3.34. The second-order valence-electron chi connectivity index (χ2n) is 5.07. The molecule has 0 unspecified atom stereocenters. The third kappa shape index (κ3) is 2.56. The molecule has 18 heavy (non-hydrogen) atoms. The summed E-state index contributed by atoms with van der Waals surface area (Å²) in [5.74, 6) is -0.0323. The van der Waals surface area contributed by atoms with E-state index >= 15 is 0 Å². The summed E-state index contributed by atoms with van der Waals surface area (Å²) >= 11 is 0. The van der Waals surface area contributed by atoms with Gasteiger partial charge in [-0.25, -0.2) is 4.68 Å². The number of amides is 1. The maximum Gasteiger partial charge on any atom is 0.229 e. The molecule has 0 saturated heterocycles. The molecule has 1 amide bonds. The number of para-hydroxylation sites is 2. The number of hydrogen-bond donors (Lipinski definition) is 1. The molecular weight excluding hydrogens is 228 g/mol. The molecule has 1 aromatic heterocycles. The Morgan fingerprint density at radius 1 is 1.28 bits per heavy atom. The maximum atomic E-state index is 12.0. The number of carbonyl (C=O) groups is 1. The van der Waals surface area contributed by atoms with E-state index in [1.165, 1.54) is 0 Å². The molecule has 1 aromatic carbocycles. The molecule has 1 N–H and O–H groups in total. The maximum absolute atomic E-state index is 12.0. The summed E-state index contributed by atoms with van der Waals surface area (Å²) in [4.78, 5) is 12.0. The Bertz CT molecular complexity index is 540. The van der Waals surface area contributed by atoms with Crippen molar-refractivity contribution in [2.24, 2.45) is 5.41 Å². The third-order valence-electron chi connectivity index (χ3n) is 2.50. The van der Waals surface area contributed by atoms with Gasteiger partial charge in [0.25, 0.3) is 0 Å². The largest absolute Gasteiger partial charge is 0.324 e. The zero-order chi connectivity index (χ0) is 13.2. The van der Waals surface area contributed by atoms with Crippen LogP contribution in [0, 0.1) is 5.41 Å². The lowest BCUT2D eigenvalue weighted by atomic mass is 9.95. The smallest absolute Gasteiger partial charge is 0.229 e. The molecule has 0 atom stereocenters. The van der Waals surface area contributed by atoms with Gasteiger partial charge >= 0.3 is 0 Å². The Balaban J connectivity index is 2.32. The van der Waals surface area contributed by atoms with Crippen LogP contribution < -0.4 is 5.32 Å². The quantitative estimate of drug-likeness (QED) is 0.881. The molecule has 5 nitrogen and oxygen atoms in total. The average Bonchev–Trinajstić information content (AvgIpc) is 2.82. The summed E-state index contributed by atoms with van der Waals surface area (Å²) in [6.45, 7) is 5.63. The third-order valence-corrected chi connectivity index (χ3v) is 2.50. The van der Waals surface area contributed by atoms with E-state index in [0.717, 1.165) is 11.4 Å². The molecule has 2 rings (SSSR count). The van der Waals surface area contributed by atoms with E-state index in [1.807, 2.05) is 45.0 Å². The average molecular weight is 244 g/mol. The van der Waals surface area contributed by atoms with Crippen LogP contribution in [0.3, 0.4) is 0 Å². The van der Waals surface area contributed by atoms with Crippen molar-refractivity contribution in [2.45, 2.75) is 20.8 Å². The zero-order valence-electron chi connectivity index (χ0n) is 10.7. The van der Waals surface area contributed by atoms with Gasteiger partial charge in [0, 0.05) is 5.41 Å². The van der Waals surface area contributed by atoms with Crippen LogP contribution in [0.1, 0.15) is 20.8 Å². The van der Waals surface area contributed by atoms with Gasteiger partial charge < -0.3 is 5.32 Å².